The van der Waals surface area contributed by atoms with Gasteiger partial charge in [-0.15, -0.1) is 0 Å². The van der Waals surface area contributed by atoms with Crippen molar-refractivity contribution in [2.75, 3.05) is 6.61 Å². The predicted molar refractivity (Wildman–Crippen MR) is 80.1 cm³/mol. The Hall–Kier alpha value is -1.52. The quantitative estimate of drug-likeness (QED) is 0.932. The van der Waals surface area contributed by atoms with E-state index in [1.165, 1.54) is 5.56 Å². The van der Waals surface area contributed by atoms with Crippen LogP contribution in [0.3, 0.4) is 0 Å². The van der Waals surface area contributed by atoms with Gasteiger partial charge in [0.1, 0.15) is 24.2 Å². The van der Waals surface area contributed by atoms with Gasteiger partial charge in [-0.25, -0.2) is 0 Å². The number of para-hydroxylation sites is 1. The van der Waals surface area contributed by atoms with Crippen molar-refractivity contribution in [3.05, 3.63) is 58.1 Å². The molecule has 20 heavy (non-hydrogen) atoms. The van der Waals surface area contributed by atoms with Crippen molar-refractivity contribution in [2.45, 2.75) is 19.1 Å². The Morgan fingerprint density at radius 3 is 2.85 bits per heavy atom. The van der Waals surface area contributed by atoms with E-state index in [4.69, 9.17) is 14.6 Å². The first-order chi connectivity index (χ1) is 9.76. The number of fused-ring (bicyclic) bond motifs is 1. The third kappa shape index (κ3) is 2.81. The highest BCUT2D eigenvalue weighted by Crippen LogP contribution is 2.30. The van der Waals surface area contributed by atoms with Crippen LogP contribution in [0.2, 0.25) is 0 Å². The fourth-order valence-electron chi connectivity index (χ4n) is 2.29. The summed E-state index contributed by atoms with van der Waals surface area (Å²) in [5.41, 5.74) is 2.09. The number of aliphatic hydroxyl groups is 1. The summed E-state index contributed by atoms with van der Waals surface area (Å²) in [6.07, 6.45) is 0.930. The van der Waals surface area contributed by atoms with Gasteiger partial charge in [0.2, 0.25) is 0 Å². The standard InChI is InChI=1S/C16H15BrO3/c17-14-7-11(9-18)5-6-16(14)19-10-13-8-12-3-1-2-4-15(12)20-13/h1-7,13,18H,8-10H2. The van der Waals surface area contributed by atoms with Gasteiger partial charge in [-0.1, -0.05) is 24.3 Å². The van der Waals surface area contributed by atoms with E-state index >= 15 is 0 Å². The minimum absolute atomic E-state index is 0.0277. The van der Waals surface area contributed by atoms with E-state index < -0.39 is 0 Å². The van der Waals surface area contributed by atoms with Crippen LogP contribution in [0.5, 0.6) is 11.5 Å². The molecule has 2 aromatic carbocycles. The molecule has 1 unspecified atom stereocenters. The van der Waals surface area contributed by atoms with Crippen molar-refractivity contribution in [3.8, 4) is 11.5 Å². The lowest BCUT2D eigenvalue weighted by atomic mass is 10.1. The molecule has 1 aliphatic heterocycles. The van der Waals surface area contributed by atoms with E-state index in [1.54, 1.807) is 0 Å². The second kappa shape index (κ2) is 5.85. The van der Waals surface area contributed by atoms with Crippen LogP contribution in [-0.2, 0) is 13.0 Å². The molecule has 1 heterocycles. The summed E-state index contributed by atoms with van der Waals surface area (Å²) in [5, 5.41) is 9.07. The van der Waals surface area contributed by atoms with Crippen LogP contribution in [0.1, 0.15) is 11.1 Å². The average Bonchev–Trinajstić information content (AvgIpc) is 2.88. The summed E-state index contributed by atoms with van der Waals surface area (Å²) in [6, 6.07) is 13.6. The van der Waals surface area contributed by atoms with E-state index in [-0.39, 0.29) is 12.7 Å². The van der Waals surface area contributed by atoms with Crippen LogP contribution < -0.4 is 9.47 Å². The van der Waals surface area contributed by atoms with Crippen LogP contribution >= 0.6 is 15.9 Å². The molecular formula is C16H15BrO3. The molecule has 0 spiro atoms. The minimum atomic E-state index is 0.0277. The lowest BCUT2D eigenvalue weighted by molar-refractivity contribution is 0.148. The topological polar surface area (TPSA) is 38.7 Å². The molecule has 0 saturated carbocycles. The van der Waals surface area contributed by atoms with Crippen molar-refractivity contribution in [1.82, 2.24) is 0 Å². The Kier molecular flexibility index (Phi) is 3.94. The van der Waals surface area contributed by atoms with Gasteiger partial charge in [0, 0.05) is 6.42 Å². The maximum Gasteiger partial charge on any atom is 0.137 e. The Bertz CT molecular complexity index is 587. The predicted octanol–water partition coefficient (Wildman–Crippen LogP) is 3.32. The lowest BCUT2D eigenvalue weighted by Gasteiger charge is -2.14. The molecule has 0 amide bonds. The number of ether oxygens (including phenoxy) is 2. The third-order valence-corrected chi connectivity index (χ3v) is 3.94. The highest BCUT2D eigenvalue weighted by Gasteiger charge is 2.23. The molecule has 0 saturated heterocycles. The zero-order chi connectivity index (χ0) is 13.9. The van der Waals surface area contributed by atoms with Crippen molar-refractivity contribution in [3.63, 3.8) is 0 Å². The molecule has 0 fully saturated rings. The molecule has 1 atom stereocenters. The molecular weight excluding hydrogens is 320 g/mol. The number of benzene rings is 2. The number of hydrogen-bond donors (Lipinski definition) is 1. The Morgan fingerprint density at radius 1 is 1.25 bits per heavy atom. The molecule has 1 N–H and O–H groups in total. The highest BCUT2D eigenvalue weighted by molar-refractivity contribution is 9.10. The highest BCUT2D eigenvalue weighted by atomic mass is 79.9. The Morgan fingerprint density at radius 2 is 2.10 bits per heavy atom. The first-order valence-electron chi connectivity index (χ1n) is 6.53. The van der Waals surface area contributed by atoms with E-state index in [0.29, 0.717) is 6.61 Å². The molecule has 0 radical (unpaired) electrons. The maximum atomic E-state index is 9.07. The van der Waals surface area contributed by atoms with Crippen molar-refractivity contribution >= 4 is 15.9 Å². The molecule has 1 aliphatic rings. The molecule has 104 valence electrons. The van der Waals surface area contributed by atoms with Crippen LogP contribution in [0.4, 0.5) is 0 Å². The summed E-state index contributed by atoms with van der Waals surface area (Å²) in [5.74, 6) is 1.72. The zero-order valence-corrected chi connectivity index (χ0v) is 12.5. The second-order valence-electron chi connectivity index (χ2n) is 4.79. The monoisotopic (exact) mass is 334 g/mol. The smallest absolute Gasteiger partial charge is 0.137 e. The van der Waals surface area contributed by atoms with Crippen molar-refractivity contribution in [2.24, 2.45) is 0 Å². The van der Waals surface area contributed by atoms with Crippen LogP contribution in [0.15, 0.2) is 46.9 Å². The van der Waals surface area contributed by atoms with E-state index in [1.807, 2.05) is 36.4 Å². The third-order valence-electron chi connectivity index (χ3n) is 3.32. The van der Waals surface area contributed by atoms with E-state index in [0.717, 1.165) is 28.0 Å². The van der Waals surface area contributed by atoms with Gasteiger partial charge in [0.15, 0.2) is 0 Å². The van der Waals surface area contributed by atoms with Gasteiger partial charge in [-0.2, -0.15) is 0 Å². The van der Waals surface area contributed by atoms with Gasteiger partial charge in [0.05, 0.1) is 11.1 Å². The lowest BCUT2D eigenvalue weighted by Crippen LogP contribution is -2.22. The van der Waals surface area contributed by atoms with Crippen molar-refractivity contribution < 1.29 is 14.6 Å². The average molecular weight is 335 g/mol. The first kappa shape index (κ1) is 13.5. The molecule has 0 bridgehead atoms. The second-order valence-corrected chi connectivity index (χ2v) is 5.64. The van der Waals surface area contributed by atoms with Gasteiger partial charge in [-0.3, -0.25) is 0 Å². The Labute approximate surface area is 126 Å². The van der Waals surface area contributed by atoms with E-state index in [9.17, 15) is 0 Å². The largest absolute Gasteiger partial charge is 0.489 e. The number of rotatable bonds is 4. The fraction of sp³-hybridized carbons (Fsp3) is 0.250. The van der Waals surface area contributed by atoms with Gasteiger partial charge in [0.25, 0.3) is 0 Å². The van der Waals surface area contributed by atoms with Gasteiger partial charge in [-0.05, 0) is 45.3 Å². The van der Waals surface area contributed by atoms with Crippen molar-refractivity contribution in [1.29, 1.82) is 0 Å². The number of halogens is 1. The number of aliphatic hydroxyl groups excluding tert-OH is 1. The zero-order valence-electron chi connectivity index (χ0n) is 10.9. The maximum absolute atomic E-state index is 9.07. The van der Waals surface area contributed by atoms with Gasteiger partial charge < -0.3 is 14.6 Å². The molecule has 0 aromatic heterocycles. The summed E-state index contributed by atoms with van der Waals surface area (Å²) in [7, 11) is 0. The van der Waals surface area contributed by atoms with E-state index in [2.05, 4.69) is 22.0 Å². The van der Waals surface area contributed by atoms with Crippen LogP contribution in [0.25, 0.3) is 0 Å². The minimum Gasteiger partial charge on any atom is -0.489 e. The fourth-order valence-corrected chi connectivity index (χ4v) is 2.83. The number of hydrogen-bond acceptors (Lipinski definition) is 3. The summed E-state index contributed by atoms with van der Waals surface area (Å²) >= 11 is 3.45. The van der Waals surface area contributed by atoms with Crippen LogP contribution in [-0.4, -0.2) is 17.8 Å². The van der Waals surface area contributed by atoms with Crippen LogP contribution in [0, 0.1) is 0 Å². The summed E-state index contributed by atoms with van der Waals surface area (Å²) in [6.45, 7) is 0.533. The molecule has 0 aliphatic carbocycles. The molecule has 3 nitrogen and oxygen atoms in total. The van der Waals surface area contributed by atoms with Gasteiger partial charge >= 0.3 is 0 Å². The molecule has 3 rings (SSSR count). The SMILES string of the molecule is OCc1ccc(OCC2Cc3ccccc3O2)c(Br)c1. The summed E-state index contributed by atoms with van der Waals surface area (Å²) in [4.78, 5) is 0. The molecule has 4 heteroatoms. The Balaban J connectivity index is 1.61. The summed E-state index contributed by atoms with van der Waals surface area (Å²) < 4.78 is 12.5. The molecule has 2 aromatic rings. The normalized spacial score (nSPS) is 16.6. The first-order valence-corrected chi connectivity index (χ1v) is 7.32.